The number of halogens is 6. The Balaban J connectivity index is 3.01. The van der Waals surface area contributed by atoms with Crippen molar-refractivity contribution in [1.29, 1.82) is 0 Å². The topological polar surface area (TPSA) is 55.2 Å². The average molecular weight is 396 g/mol. The molecule has 106 valence electrons. The molecule has 1 aromatic carbocycles. The summed E-state index contributed by atoms with van der Waals surface area (Å²) in [5.74, 6) is -5.25. The molecule has 0 aliphatic rings. The van der Waals surface area contributed by atoms with Crippen molar-refractivity contribution in [2.45, 2.75) is 12.3 Å². The summed E-state index contributed by atoms with van der Waals surface area (Å²) in [7, 11) is 0. The molecule has 19 heavy (non-hydrogen) atoms. The van der Waals surface area contributed by atoms with E-state index < -0.39 is 41.0 Å². The number of hydrogen-bond acceptors (Lipinski definition) is 3. The molecule has 1 N–H and O–H groups in total. The van der Waals surface area contributed by atoms with Crippen LogP contribution in [0.25, 0.3) is 0 Å². The van der Waals surface area contributed by atoms with Crippen molar-refractivity contribution >= 4 is 34.0 Å². The van der Waals surface area contributed by atoms with Gasteiger partial charge >= 0.3 is 12.3 Å². The zero-order valence-corrected chi connectivity index (χ0v) is 11.1. The fourth-order valence-corrected chi connectivity index (χ4v) is 1.57. The van der Waals surface area contributed by atoms with Crippen molar-refractivity contribution in [3.8, 4) is 0 Å². The number of nitrogens with one attached hydrogen (secondary N) is 1. The van der Waals surface area contributed by atoms with Gasteiger partial charge in [-0.3, -0.25) is 10.1 Å². The molecule has 1 rings (SSSR count). The van der Waals surface area contributed by atoms with Crippen LogP contribution in [0.5, 0.6) is 0 Å². The Morgan fingerprint density at radius 1 is 1.42 bits per heavy atom. The molecule has 0 aliphatic heterocycles. The second-order valence-electron chi connectivity index (χ2n) is 3.46. The highest BCUT2D eigenvalue weighted by atomic mass is 127. The molecule has 0 saturated heterocycles. The van der Waals surface area contributed by atoms with E-state index in [0.717, 1.165) is 6.07 Å². The first kappa shape index (κ1) is 15.9. The number of nitrogens with zero attached hydrogens (tertiary/aromatic N) is 1. The smallest absolute Gasteiger partial charge is 0.324 e. The molecule has 0 aromatic heterocycles. The quantitative estimate of drug-likeness (QED) is 0.358. The molecule has 0 atom stereocenters. The number of hydrogen-bond donors (Lipinski definition) is 1. The Hall–Kier alpha value is -1.20. The molecule has 0 saturated carbocycles. The molecular formula is C9H6F5IN2O2. The largest absolute Gasteiger partial charge is 0.373 e. The van der Waals surface area contributed by atoms with Crippen LogP contribution in [0.2, 0.25) is 0 Å². The first-order valence-corrected chi connectivity index (χ1v) is 5.76. The van der Waals surface area contributed by atoms with Crippen LogP contribution in [0.1, 0.15) is 0 Å². The van der Waals surface area contributed by atoms with Crippen molar-refractivity contribution in [2.24, 2.45) is 0 Å². The van der Waals surface area contributed by atoms with Gasteiger partial charge in [-0.2, -0.15) is 8.78 Å². The van der Waals surface area contributed by atoms with Crippen LogP contribution in [0.3, 0.4) is 0 Å². The highest BCUT2D eigenvalue weighted by Gasteiger charge is 2.40. The zero-order chi connectivity index (χ0) is 14.8. The van der Waals surface area contributed by atoms with Crippen LogP contribution < -0.4 is 5.32 Å². The Labute approximate surface area is 117 Å². The van der Waals surface area contributed by atoms with Gasteiger partial charge in [-0.1, -0.05) is 0 Å². The molecule has 0 heterocycles. The van der Waals surface area contributed by atoms with Crippen LogP contribution >= 0.6 is 22.6 Å². The summed E-state index contributed by atoms with van der Waals surface area (Å²) in [5, 5.41) is 12.4. The molecule has 4 nitrogen and oxygen atoms in total. The predicted octanol–water partition coefficient (Wildman–Crippen LogP) is 3.65. The van der Waals surface area contributed by atoms with Crippen LogP contribution in [0.15, 0.2) is 12.1 Å². The van der Waals surface area contributed by atoms with Gasteiger partial charge in [0.15, 0.2) is 0 Å². The lowest BCUT2D eigenvalue weighted by Crippen LogP contribution is -2.35. The van der Waals surface area contributed by atoms with Crippen molar-refractivity contribution in [3.63, 3.8) is 0 Å². The minimum Gasteiger partial charge on any atom is -0.373 e. The van der Waals surface area contributed by atoms with E-state index in [0.29, 0.717) is 6.07 Å². The van der Waals surface area contributed by atoms with Gasteiger partial charge in [0.1, 0.15) is 11.5 Å². The summed E-state index contributed by atoms with van der Waals surface area (Å²) < 4.78 is 62.3. The predicted molar refractivity (Wildman–Crippen MR) is 65.2 cm³/mol. The van der Waals surface area contributed by atoms with Crippen molar-refractivity contribution in [1.82, 2.24) is 0 Å². The second kappa shape index (κ2) is 5.84. The molecule has 10 heteroatoms. The van der Waals surface area contributed by atoms with E-state index in [1.807, 2.05) is 0 Å². The summed E-state index contributed by atoms with van der Waals surface area (Å²) in [5.41, 5.74) is -1.25. The summed E-state index contributed by atoms with van der Waals surface area (Å²) in [6, 6.07) is 1.43. The number of nitro benzene ring substituents is 1. The SMILES string of the molecule is O=[N+]([O-])c1cc(I)c(F)cc1NCC(F)(F)C(F)F. The fourth-order valence-electron chi connectivity index (χ4n) is 1.12. The van der Waals surface area contributed by atoms with E-state index in [9.17, 15) is 32.1 Å². The molecule has 0 fully saturated rings. The summed E-state index contributed by atoms with van der Waals surface area (Å²) >= 11 is 1.48. The van der Waals surface area contributed by atoms with E-state index in [2.05, 4.69) is 0 Å². The molecule has 0 bridgehead atoms. The van der Waals surface area contributed by atoms with Gasteiger partial charge in [-0.25, -0.2) is 13.2 Å². The number of anilines is 1. The van der Waals surface area contributed by atoms with Gasteiger partial charge in [0.05, 0.1) is 15.0 Å². The molecule has 0 aliphatic carbocycles. The maximum Gasteiger partial charge on any atom is 0.324 e. The maximum absolute atomic E-state index is 13.2. The van der Waals surface area contributed by atoms with Crippen molar-refractivity contribution < 1.29 is 26.9 Å². The fraction of sp³-hybridized carbons (Fsp3) is 0.333. The van der Waals surface area contributed by atoms with Gasteiger partial charge in [0.2, 0.25) is 0 Å². The van der Waals surface area contributed by atoms with Crippen LogP contribution in [-0.2, 0) is 0 Å². The Bertz CT molecular complexity index is 498. The molecule has 0 unspecified atom stereocenters. The average Bonchev–Trinajstić information content (AvgIpc) is 2.29. The second-order valence-corrected chi connectivity index (χ2v) is 4.62. The highest BCUT2D eigenvalue weighted by molar-refractivity contribution is 14.1. The summed E-state index contributed by atoms with van der Waals surface area (Å²) in [4.78, 5) is 9.72. The lowest BCUT2D eigenvalue weighted by molar-refractivity contribution is -0.384. The van der Waals surface area contributed by atoms with E-state index in [-0.39, 0.29) is 3.57 Å². The van der Waals surface area contributed by atoms with Gasteiger partial charge in [-0.15, -0.1) is 0 Å². The van der Waals surface area contributed by atoms with Crippen molar-refractivity contribution in [3.05, 3.63) is 31.6 Å². The van der Waals surface area contributed by atoms with Gasteiger partial charge in [0, 0.05) is 12.1 Å². The van der Waals surface area contributed by atoms with Crippen molar-refractivity contribution in [2.75, 3.05) is 11.9 Å². The Morgan fingerprint density at radius 3 is 2.47 bits per heavy atom. The molecule has 0 amide bonds. The van der Waals surface area contributed by atoms with Gasteiger partial charge in [-0.05, 0) is 22.6 Å². The highest BCUT2D eigenvalue weighted by Crippen LogP contribution is 2.30. The van der Waals surface area contributed by atoms with Crippen LogP contribution in [0, 0.1) is 19.5 Å². The zero-order valence-electron chi connectivity index (χ0n) is 8.97. The number of benzene rings is 1. The van der Waals surface area contributed by atoms with E-state index in [1.54, 1.807) is 5.32 Å². The van der Waals surface area contributed by atoms with E-state index in [4.69, 9.17) is 0 Å². The third kappa shape index (κ3) is 3.88. The van der Waals surface area contributed by atoms with Gasteiger partial charge in [0.25, 0.3) is 5.69 Å². The Morgan fingerprint density at radius 2 is 2.00 bits per heavy atom. The van der Waals surface area contributed by atoms with E-state index in [1.165, 1.54) is 22.6 Å². The maximum atomic E-state index is 13.2. The standard InChI is InChI=1S/C9H6F5IN2O2/c10-4-1-6(7(17(18)19)2-5(4)15)16-3-9(13,14)8(11)12/h1-2,8,16H,3H2. The monoisotopic (exact) mass is 396 g/mol. The minimum atomic E-state index is -4.37. The van der Waals surface area contributed by atoms with Crippen LogP contribution in [0.4, 0.5) is 33.3 Å². The first-order chi connectivity index (χ1) is 8.65. The lowest BCUT2D eigenvalue weighted by atomic mass is 10.2. The summed E-state index contributed by atoms with van der Waals surface area (Å²) in [6.07, 6.45) is -3.92. The number of alkyl halides is 4. The normalized spacial score (nSPS) is 11.7. The molecule has 0 spiro atoms. The summed E-state index contributed by atoms with van der Waals surface area (Å²) in [6.45, 7) is -1.54. The van der Waals surface area contributed by atoms with E-state index >= 15 is 0 Å². The van der Waals surface area contributed by atoms with Crippen LogP contribution in [-0.4, -0.2) is 23.8 Å². The third-order valence-corrected chi connectivity index (χ3v) is 2.90. The molecule has 0 radical (unpaired) electrons. The lowest BCUT2D eigenvalue weighted by Gasteiger charge is -2.16. The number of nitro groups is 1. The van der Waals surface area contributed by atoms with Gasteiger partial charge < -0.3 is 5.32 Å². The number of rotatable bonds is 5. The minimum absolute atomic E-state index is 0.0875. The molecular weight excluding hydrogens is 390 g/mol. The Kier molecular flexibility index (Phi) is 4.87. The molecule has 1 aromatic rings. The first-order valence-electron chi connectivity index (χ1n) is 4.68. The third-order valence-electron chi connectivity index (χ3n) is 2.07.